The van der Waals surface area contributed by atoms with E-state index < -0.39 is 0 Å². The number of hydrogen-bond donors (Lipinski definition) is 2. The third-order valence-corrected chi connectivity index (χ3v) is 5.78. The maximum absolute atomic E-state index is 12.7. The molecule has 9 heteroatoms. The summed E-state index contributed by atoms with van der Waals surface area (Å²) in [5.41, 5.74) is 9.71. The van der Waals surface area contributed by atoms with Crippen molar-refractivity contribution in [2.75, 3.05) is 67.2 Å². The number of amides is 2. The van der Waals surface area contributed by atoms with E-state index in [9.17, 15) is 4.79 Å². The highest BCUT2D eigenvalue weighted by molar-refractivity contribution is 5.93. The molecular formula is C22H29N7O2. The topological polar surface area (TPSA) is 99.3 Å². The number of anilines is 4. The van der Waals surface area contributed by atoms with Crippen molar-refractivity contribution in [3.8, 4) is 0 Å². The summed E-state index contributed by atoms with van der Waals surface area (Å²) in [6.07, 6.45) is 5.75. The lowest BCUT2D eigenvalue weighted by Gasteiger charge is -2.36. The van der Waals surface area contributed by atoms with Gasteiger partial charge in [-0.05, 0) is 43.2 Å². The van der Waals surface area contributed by atoms with Crippen molar-refractivity contribution >= 4 is 35.1 Å². The summed E-state index contributed by atoms with van der Waals surface area (Å²) in [7, 11) is 1.49. The zero-order valence-electron chi connectivity index (χ0n) is 17.8. The van der Waals surface area contributed by atoms with E-state index in [0.717, 1.165) is 30.0 Å². The molecule has 0 atom stereocenters. The second-order valence-corrected chi connectivity index (χ2v) is 7.69. The minimum Gasteiger partial charge on any atom is -0.399 e. The van der Waals surface area contributed by atoms with E-state index in [1.165, 1.54) is 25.6 Å². The first kappa shape index (κ1) is 20.8. The molecule has 164 valence electrons. The third-order valence-electron chi connectivity index (χ3n) is 5.78. The van der Waals surface area contributed by atoms with E-state index >= 15 is 0 Å². The molecule has 0 bridgehead atoms. The van der Waals surface area contributed by atoms with E-state index in [1.54, 1.807) is 12.4 Å². The largest absolute Gasteiger partial charge is 0.399 e. The SMILES string of the molecule is CO/N=C/c1c(N2CCN(C(=O)Nc3ccc(N4CCCC4)cc3)CC2)ccnc1N. The van der Waals surface area contributed by atoms with Gasteiger partial charge in [-0.25, -0.2) is 9.78 Å². The number of rotatable bonds is 5. The van der Waals surface area contributed by atoms with E-state index in [0.29, 0.717) is 32.0 Å². The predicted octanol–water partition coefficient (Wildman–Crippen LogP) is 2.60. The molecule has 2 aliphatic rings. The lowest BCUT2D eigenvalue weighted by molar-refractivity contribution is 0.208. The number of oxime groups is 1. The Hall–Kier alpha value is -3.49. The normalized spacial score (nSPS) is 16.7. The van der Waals surface area contributed by atoms with E-state index in [-0.39, 0.29) is 6.03 Å². The van der Waals surface area contributed by atoms with Gasteiger partial charge in [-0.15, -0.1) is 0 Å². The smallest absolute Gasteiger partial charge is 0.321 e. The Morgan fingerprint density at radius 2 is 1.77 bits per heavy atom. The number of pyridine rings is 1. The molecule has 0 aliphatic carbocycles. The molecule has 0 unspecified atom stereocenters. The van der Waals surface area contributed by atoms with Gasteiger partial charge < -0.3 is 30.6 Å². The van der Waals surface area contributed by atoms with Crippen LogP contribution in [0.25, 0.3) is 0 Å². The Balaban J connectivity index is 1.34. The van der Waals surface area contributed by atoms with Gasteiger partial charge in [0.25, 0.3) is 0 Å². The first-order chi connectivity index (χ1) is 15.2. The Morgan fingerprint density at radius 3 is 2.45 bits per heavy atom. The summed E-state index contributed by atoms with van der Waals surface area (Å²) in [5.74, 6) is 0.399. The quantitative estimate of drug-likeness (QED) is 0.567. The molecule has 2 amide bonds. The molecule has 0 radical (unpaired) electrons. The Morgan fingerprint density at radius 1 is 1.06 bits per heavy atom. The molecule has 3 N–H and O–H groups in total. The molecule has 2 saturated heterocycles. The van der Waals surface area contributed by atoms with Crippen LogP contribution in [0.1, 0.15) is 18.4 Å². The van der Waals surface area contributed by atoms with Crippen LogP contribution in [0.5, 0.6) is 0 Å². The average Bonchev–Trinajstić information content (AvgIpc) is 3.34. The van der Waals surface area contributed by atoms with Crippen LogP contribution in [-0.4, -0.2) is 68.5 Å². The summed E-state index contributed by atoms with van der Waals surface area (Å²) in [6.45, 7) is 4.83. The number of nitrogen functional groups attached to an aromatic ring is 1. The van der Waals surface area contributed by atoms with Crippen molar-refractivity contribution < 1.29 is 9.63 Å². The molecule has 2 fully saturated rings. The Kier molecular flexibility index (Phi) is 6.40. The van der Waals surface area contributed by atoms with Crippen molar-refractivity contribution in [2.45, 2.75) is 12.8 Å². The number of urea groups is 1. The monoisotopic (exact) mass is 423 g/mol. The molecule has 3 heterocycles. The fourth-order valence-electron chi connectivity index (χ4n) is 4.08. The summed E-state index contributed by atoms with van der Waals surface area (Å²) < 4.78 is 0. The predicted molar refractivity (Wildman–Crippen MR) is 124 cm³/mol. The third kappa shape index (κ3) is 4.82. The van der Waals surface area contributed by atoms with E-state index in [2.05, 4.69) is 37.4 Å². The minimum absolute atomic E-state index is 0.0796. The second-order valence-electron chi connectivity index (χ2n) is 7.69. The highest BCUT2D eigenvalue weighted by Gasteiger charge is 2.23. The fraction of sp³-hybridized carbons (Fsp3) is 0.409. The number of piperazine rings is 1. The molecular weight excluding hydrogens is 394 g/mol. The Bertz CT molecular complexity index is 918. The van der Waals surface area contributed by atoms with Gasteiger partial charge in [-0.2, -0.15) is 0 Å². The molecule has 31 heavy (non-hydrogen) atoms. The summed E-state index contributed by atoms with van der Waals surface area (Å²) in [5, 5.41) is 6.85. The average molecular weight is 424 g/mol. The van der Waals surface area contributed by atoms with Gasteiger partial charge in [-0.3, -0.25) is 0 Å². The van der Waals surface area contributed by atoms with Crippen LogP contribution in [0.4, 0.5) is 27.7 Å². The van der Waals surface area contributed by atoms with Crippen LogP contribution in [-0.2, 0) is 4.84 Å². The molecule has 9 nitrogen and oxygen atoms in total. The summed E-state index contributed by atoms with van der Waals surface area (Å²) >= 11 is 0. The zero-order chi connectivity index (χ0) is 21.6. The van der Waals surface area contributed by atoms with E-state index in [4.69, 9.17) is 10.6 Å². The number of nitrogens with zero attached hydrogens (tertiary/aromatic N) is 5. The van der Waals surface area contributed by atoms with Gasteiger partial charge in [0, 0.05) is 56.8 Å². The van der Waals surface area contributed by atoms with Crippen LogP contribution in [0, 0.1) is 0 Å². The van der Waals surface area contributed by atoms with Gasteiger partial charge in [0.2, 0.25) is 0 Å². The number of hydrogen-bond acceptors (Lipinski definition) is 7. The minimum atomic E-state index is -0.0796. The first-order valence-electron chi connectivity index (χ1n) is 10.6. The van der Waals surface area contributed by atoms with Crippen molar-refractivity contribution in [1.82, 2.24) is 9.88 Å². The maximum atomic E-state index is 12.7. The van der Waals surface area contributed by atoms with Crippen LogP contribution in [0.2, 0.25) is 0 Å². The van der Waals surface area contributed by atoms with Gasteiger partial charge in [-0.1, -0.05) is 5.16 Å². The highest BCUT2D eigenvalue weighted by Crippen LogP contribution is 2.25. The van der Waals surface area contributed by atoms with Gasteiger partial charge in [0.1, 0.15) is 12.9 Å². The lowest BCUT2D eigenvalue weighted by atomic mass is 10.2. The van der Waals surface area contributed by atoms with Gasteiger partial charge in [0.15, 0.2) is 0 Å². The van der Waals surface area contributed by atoms with Crippen molar-refractivity contribution in [2.24, 2.45) is 5.16 Å². The van der Waals surface area contributed by atoms with Gasteiger partial charge in [0.05, 0.1) is 17.5 Å². The molecule has 2 aliphatic heterocycles. The number of nitrogens with one attached hydrogen (secondary N) is 1. The summed E-state index contributed by atoms with van der Waals surface area (Å²) in [4.78, 5) is 28.0. The number of nitrogens with two attached hydrogens (primary N) is 1. The number of carbonyl (C=O) groups is 1. The van der Waals surface area contributed by atoms with Gasteiger partial charge >= 0.3 is 6.03 Å². The lowest BCUT2D eigenvalue weighted by Crippen LogP contribution is -2.50. The maximum Gasteiger partial charge on any atom is 0.321 e. The zero-order valence-corrected chi connectivity index (χ0v) is 17.8. The van der Waals surface area contributed by atoms with E-state index in [1.807, 2.05) is 23.1 Å². The molecule has 1 aromatic heterocycles. The number of benzene rings is 1. The van der Waals surface area contributed by atoms with Crippen LogP contribution in [0.3, 0.4) is 0 Å². The molecule has 2 aromatic rings. The van der Waals surface area contributed by atoms with Crippen LogP contribution < -0.4 is 20.9 Å². The van der Waals surface area contributed by atoms with Crippen molar-refractivity contribution in [3.05, 3.63) is 42.1 Å². The van der Waals surface area contributed by atoms with Crippen LogP contribution >= 0.6 is 0 Å². The molecule has 4 rings (SSSR count). The molecule has 1 aromatic carbocycles. The highest BCUT2D eigenvalue weighted by atomic mass is 16.6. The molecule has 0 saturated carbocycles. The standard InChI is InChI=1S/C22H29N7O2/c1-31-25-16-19-20(8-9-24-21(19)23)28-12-14-29(15-13-28)22(30)26-17-4-6-18(7-5-17)27-10-2-3-11-27/h4-9,16H,2-3,10-15H2,1H3,(H2,23,24)(H,26,30)/b25-16+. The van der Waals surface area contributed by atoms with Crippen LogP contribution in [0.15, 0.2) is 41.7 Å². The first-order valence-corrected chi connectivity index (χ1v) is 10.6. The second kappa shape index (κ2) is 9.55. The summed E-state index contributed by atoms with van der Waals surface area (Å²) in [6, 6.07) is 9.94. The van der Waals surface area contributed by atoms with Crippen molar-refractivity contribution in [1.29, 1.82) is 0 Å². The number of carbonyl (C=O) groups excluding carboxylic acids is 1. The molecule has 0 spiro atoms. The van der Waals surface area contributed by atoms with Crippen molar-refractivity contribution in [3.63, 3.8) is 0 Å². The fourth-order valence-corrected chi connectivity index (χ4v) is 4.08. The number of aromatic nitrogens is 1. The Labute approximate surface area is 182 Å².